The Balaban J connectivity index is 1.93. The summed E-state index contributed by atoms with van der Waals surface area (Å²) < 4.78 is 0. The number of hydrogen-bond acceptors (Lipinski definition) is 5. The molecule has 0 fully saturated rings. The van der Waals surface area contributed by atoms with Gasteiger partial charge in [-0.1, -0.05) is 18.2 Å². The SMILES string of the molecule is CSc1ccccc1NC(=O)CN(C)C(C)C(=O)Nc1cccc(C#N)c1. The summed E-state index contributed by atoms with van der Waals surface area (Å²) in [6.45, 7) is 1.81. The maximum atomic E-state index is 12.4. The molecule has 0 aromatic heterocycles. The Labute approximate surface area is 163 Å². The average molecular weight is 382 g/mol. The summed E-state index contributed by atoms with van der Waals surface area (Å²) in [6.07, 6.45) is 1.95. The minimum atomic E-state index is -0.516. The smallest absolute Gasteiger partial charge is 0.241 e. The maximum Gasteiger partial charge on any atom is 0.241 e. The quantitative estimate of drug-likeness (QED) is 0.719. The van der Waals surface area contributed by atoms with Crippen LogP contribution in [0.5, 0.6) is 0 Å². The summed E-state index contributed by atoms with van der Waals surface area (Å²) in [7, 11) is 1.72. The molecule has 0 saturated heterocycles. The molecule has 0 bridgehead atoms. The van der Waals surface area contributed by atoms with E-state index in [1.165, 1.54) is 0 Å². The second-order valence-corrected chi connectivity index (χ2v) is 6.87. The number of carbonyl (C=O) groups excluding carboxylic acids is 2. The van der Waals surface area contributed by atoms with Crippen LogP contribution >= 0.6 is 11.8 Å². The zero-order valence-corrected chi connectivity index (χ0v) is 16.3. The lowest BCUT2D eigenvalue weighted by molar-refractivity contribution is -0.122. The van der Waals surface area contributed by atoms with Crippen LogP contribution in [0.15, 0.2) is 53.4 Å². The minimum Gasteiger partial charge on any atom is -0.325 e. The Kier molecular flexibility index (Phi) is 7.41. The van der Waals surface area contributed by atoms with Crippen LogP contribution < -0.4 is 10.6 Å². The van der Waals surface area contributed by atoms with Crippen molar-refractivity contribution >= 4 is 35.0 Å². The molecular formula is C20H22N4O2S. The number of carbonyl (C=O) groups is 2. The Hall–Kier alpha value is -2.82. The van der Waals surface area contributed by atoms with E-state index in [4.69, 9.17) is 5.26 Å². The number of thioether (sulfide) groups is 1. The third-order valence-electron chi connectivity index (χ3n) is 4.07. The first-order chi connectivity index (χ1) is 12.9. The molecule has 2 aromatic rings. The summed E-state index contributed by atoms with van der Waals surface area (Å²) in [4.78, 5) is 27.4. The van der Waals surface area contributed by atoms with E-state index in [9.17, 15) is 9.59 Å². The fraction of sp³-hybridized carbons (Fsp3) is 0.250. The number of benzene rings is 2. The first-order valence-corrected chi connectivity index (χ1v) is 9.61. The van der Waals surface area contributed by atoms with E-state index in [0.29, 0.717) is 11.3 Å². The van der Waals surface area contributed by atoms with Gasteiger partial charge in [-0.25, -0.2) is 0 Å². The lowest BCUT2D eigenvalue weighted by atomic mass is 10.2. The van der Waals surface area contributed by atoms with Crippen molar-refractivity contribution in [3.05, 3.63) is 54.1 Å². The molecule has 27 heavy (non-hydrogen) atoms. The van der Waals surface area contributed by atoms with E-state index in [1.807, 2.05) is 36.6 Å². The summed E-state index contributed by atoms with van der Waals surface area (Å²) in [5.74, 6) is -0.435. The third-order valence-corrected chi connectivity index (χ3v) is 4.87. The molecule has 1 unspecified atom stereocenters. The number of nitriles is 1. The summed E-state index contributed by atoms with van der Waals surface area (Å²) >= 11 is 1.56. The molecule has 2 N–H and O–H groups in total. The molecule has 0 spiro atoms. The van der Waals surface area contributed by atoms with Gasteiger partial charge in [0.1, 0.15) is 0 Å². The largest absolute Gasteiger partial charge is 0.325 e. The lowest BCUT2D eigenvalue weighted by Gasteiger charge is -2.23. The van der Waals surface area contributed by atoms with Gasteiger partial charge in [0.25, 0.3) is 0 Å². The number of amides is 2. The average Bonchev–Trinajstić information content (AvgIpc) is 2.67. The highest BCUT2D eigenvalue weighted by Crippen LogP contribution is 2.24. The van der Waals surface area contributed by atoms with Gasteiger partial charge in [-0.2, -0.15) is 5.26 Å². The molecule has 0 saturated carbocycles. The van der Waals surface area contributed by atoms with Gasteiger partial charge in [-0.05, 0) is 50.6 Å². The van der Waals surface area contributed by atoms with Crippen LogP contribution in [-0.4, -0.2) is 42.6 Å². The van der Waals surface area contributed by atoms with Crippen molar-refractivity contribution < 1.29 is 9.59 Å². The van der Waals surface area contributed by atoms with Crippen molar-refractivity contribution in [1.82, 2.24) is 4.90 Å². The summed E-state index contributed by atoms with van der Waals surface area (Å²) in [6, 6.07) is 15.8. The number of hydrogen-bond donors (Lipinski definition) is 2. The Morgan fingerprint density at radius 1 is 1.19 bits per heavy atom. The van der Waals surface area contributed by atoms with Crippen LogP contribution in [0.2, 0.25) is 0 Å². The van der Waals surface area contributed by atoms with E-state index in [-0.39, 0.29) is 18.4 Å². The maximum absolute atomic E-state index is 12.4. The fourth-order valence-electron chi connectivity index (χ4n) is 2.41. The van der Waals surface area contributed by atoms with Gasteiger partial charge in [0.05, 0.1) is 29.9 Å². The number of nitrogens with zero attached hydrogens (tertiary/aromatic N) is 2. The summed E-state index contributed by atoms with van der Waals surface area (Å²) in [5, 5.41) is 14.6. The van der Waals surface area contributed by atoms with Gasteiger partial charge in [-0.3, -0.25) is 14.5 Å². The molecule has 2 aromatic carbocycles. The highest BCUT2D eigenvalue weighted by atomic mass is 32.2. The predicted molar refractivity (Wildman–Crippen MR) is 109 cm³/mol. The highest BCUT2D eigenvalue weighted by Gasteiger charge is 2.20. The van der Waals surface area contributed by atoms with Crippen molar-refractivity contribution in [2.75, 3.05) is 30.5 Å². The van der Waals surface area contributed by atoms with Gasteiger partial charge in [0.15, 0.2) is 0 Å². The van der Waals surface area contributed by atoms with E-state index in [0.717, 1.165) is 10.6 Å². The monoisotopic (exact) mass is 382 g/mol. The van der Waals surface area contributed by atoms with Crippen molar-refractivity contribution in [2.45, 2.75) is 17.9 Å². The topological polar surface area (TPSA) is 85.2 Å². The second-order valence-electron chi connectivity index (χ2n) is 6.02. The zero-order chi connectivity index (χ0) is 19.8. The van der Waals surface area contributed by atoms with Crippen molar-refractivity contribution in [2.24, 2.45) is 0 Å². The molecule has 0 radical (unpaired) electrons. The molecule has 6 nitrogen and oxygen atoms in total. The van der Waals surface area contributed by atoms with E-state index >= 15 is 0 Å². The normalized spacial score (nSPS) is 11.5. The molecular weight excluding hydrogens is 360 g/mol. The van der Waals surface area contributed by atoms with E-state index in [2.05, 4.69) is 10.6 Å². The highest BCUT2D eigenvalue weighted by molar-refractivity contribution is 7.98. The van der Waals surface area contributed by atoms with Crippen molar-refractivity contribution in [3.63, 3.8) is 0 Å². The van der Waals surface area contributed by atoms with Crippen LogP contribution in [0.4, 0.5) is 11.4 Å². The van der Waals surface area contributed by atoms with Crippen LogP contribution in [0.3, 0.4) is 0 Å². The third kappa shape index (κ3) is 5.84. The number of para-hydroxylation sites is 1. The molecule has 0 heterocycles. The standard InChI is InChI=1S/C20H22N4O2S/c1-14(20(26)22-16-8-6-7-15(11-16)12-21)24(2)13-19(25)23-17-9-4-5-10-18(17)27-3/h4-11,14H,13H2,1-3H3,(H,22,26)(H,23,25). The lowest BCUT2D eigenvalue weighted by Crippen LogP contribution is -2.43. The first kappa shape index (κ1) is 20.5. The van der Waals surface area contributed by atoms with Gasteiger partial charge < -0.3 is 10.6 Å². The first-order valence-electron chi connectivity index (χ1n) is 8.38. The van der Waals surface area contributed by atoms with Gasteiger partial charge in [-0.15, -0.1) is 11.8 Å². The number of likely N-dealkylation sites (N-methyl/N-ethyl adjacent to an activating group) is 1. The molecule has 2 rings (SSSR count). The molecule has 1 atom stereocenters. The number of anilines is 2. The Morgan fingerprint density at radius 3 is 2.63 bits per heavy atom. The number of nitrogens with one attached hydrogen (secondary N) is 2. The van der Waals surface area contributed by atoms with Gasteiger partial charge in [0, 0.05) is 10.6 Å². The fourth-order valence-corrected chi connectivity index (χ4v) is 2.97. The molecule has 7 heteroatoms. The van der Waals surface area contributed by atoms with Crippen LogP contribution in [0.25, 0.3) is 0 Å². The molecule has 140 valence electrons. The molecule has 0 aliphatic heterocycles. The van der Waals surface area contributed by atoms with Gasteiger partial charge >= 0.3 is 0 Å². The Morgan fingerprint density at radius 2 is 1.93 bits per heavy atom. The summed E-state index contributed by atoms with van der Waals surface area (Å²) in [5.41, 5.74) is 1.78. The van der Waals surface area contributed by atoms with E-state index in [1.54, 1.807) is 54.9 Å². The molecule has 2 amide bonds. The molecule has 0 aliphatic carbocycles. The van der Waals surface area contributed by atoms with Crippen LogP contribution in [0, 0.1) is 11.3 Å². The predicted octanol–water partition coefficient (Wildman–Crippen LogP) is 3.18. The van der Waals surface area contributed by atoms with Crippen molar-refractivity contribution in [1.29, 1.82) is 5.26 Å². The second kappa shape index (κ2) is 9.76. The van der Waals surface area contributed by atoms with Crippen molar-refractivity contribution in [3.8, 4) is 6.07 Å². The van der Waals surface area contributed by atoms with E-state index < -0.39 is 6.04 Å². The minimum absolute atomic E-state index is 0.0789. The zero-order valence-electron chi connectivity index (χ0n) is 15.5. The van der Waals surface area contributed by atoms with Crippen LogP contribution in [-0.2, 0) is 9.59 Å². The number of rotatable bonds is 7. The van der Waals surface area contributed by atoms with Crippen LogP contribution in [0.1, 0.15) is 12.5 Å². The Bertz CT molecular complexity index is 863. The molecule has 0 aliphatic rings. The van der Waals surface area contributed by atoms with Gasteiger partial charge in [0.2, 0.25) is 11.8 Å².